The van der Waals surface area contributed by atoms with Gasteiger partial charge in [-0.1, -0.05) is 6.92 Å². The van der Waals surface area contributed by atoms with Gasteiger partial charge in [0.15, 0.2) is 5.76 Å². The number of amides is 2. The minimum absolute atomic E-state index is 0.000796. The molecule has 3 heterocycles. The van der Waals surface area contributed by atoms with Crippen molar-refractivity contribution in [3.05, 3.63) is 48.3 Å². The number of rotatable bonds is 9. The molecular weight excluding hydrogens is 348 g/mol. The predicted molar refractivity (Wildman–Crippen MR) is 98.0 cm³/mol. The summed E-state index contributed by atoms with van der Waals surface area (Å²) in [5, 5.41) is 0. The summed E-state index contributed by atoms with van der Waals surface area (Å²) in [5.41, 5.74) is 0. The normalized spacial score (nSPS) is 16.4. The second-order valence-electron chi connectivity index (χ2n) is 6.69. The van der Waals surface area contributed by atoms with E-state index in [0.717, 1.165) is 25.9 Å². The standard InChI is InChI=1S/C20H26N2O5/c1-2-9-21(20(24)18-8-5-12-27-18)15-19(23)22(13-16-6-3-10-25-16)14-17-7-4-11-26-17/h3,5-6,8,10,12,17H,2,4,7,9,11,13-15H2,1H3. The van der Waals surface area contributed by atoms with Crippen molar-refractivity contribution in [2.75, 3.05) is 26.2 Å². The smallest absolute Gasteiger partial charge is 0.290 e. The first kappa shape index (κ1) is 19.2. The minimum Gasteiger partial charge on any atom is -0.467 e. The number of carbonyl (C=O) groups excluding carboxylic acids is 2. The number of furan rings is 2. The number of nitrogens with zero attached hydrogens (tertiary/aromatic N) is 2. The summed E-state index contributed by atoms with van der Waals surface area (Å²) >= 11 is 0. The topological polar surface area (TPSA) is 76.1 Å². The Morgan fingerprint density at radius 3 is 2.59 bits per heavy atom. The molecule has 0 saturated carbocycles. The molecule has 1 unspecified atom stereocenters. The van der Waals surface area contributed by atoms with Crippen molar-refractivity contribution in [2.45, 2.75) is 38.8 Å². The van der Waals surface area contributed by atoms with Crippen LogP contribution >= 0.6 is 0 Å². The van der Waals surface area contributed by atoms with Crippen molar-refractivity contribution in [3.8, 4) is 0 Å². The molecule has 1 atom stereocenters. The molecule has 0 N–H and O–H groups in total. The molecule has 1 aliphatic rings. The van der Waals surface area contributed by atoms with Gasteiger partial charge < -0.3 is 23.4 Å². The Bertz CT molecular complexity index is 705. The molecule has 1 fully saturated rings. The van der Waals surface area contributed by atoms with Crippen LogP contribution in [0.2, 0.25) is 0 Å². The van der Waals surface area contributed by atoms with Crippen LogP contribution in [0.15, 0.2) is 45.6 Å². The highest BCUT2D eigenvalue weighted by Crippen LogP contribution is 2.16. The molecule has 0 aromatic carbocycles. The molecule has 0 radical (unpaired) electrons. The second-order valence-corrected chi connectivity index (χ2v) is 6.69. The molecule has 2 amide bonds. The van der Waals surface area contributed by atoms with E-state index in [1.807, 2.05) is 13.0 Å². The van der Waals surface area contributed by atoms with Crippen LogP contribution in [0.4, 0.5) is 0 Å². The highest BCUT2D eigenvalue weighted by molar-refractivity contribution is 5.94. The number of carbonyl (C=O) groups is 2. The fraction of sp³-hybridized carbons (Fsp3) is 0.500. The fourth-order valence-corrected chi connectivity index (χ4v) is 3.22. The van der Waals surface area contributed by atoms with E-state index in [9.17, 15) is 9.59 Å². The number of hydrogen-bond acceptors (Lipinski definition) is 5. The van der Waals surface area contributed by atoms with E-state index in [-0.39, 0.29) is 30.2 Å². The van der Waals surface area contributed by atoms with Gasteiger partial charge in [-0.15, -0.1) is 0 Å². The highest BCUT2D eigenvalue weighted by Gasteiger charge is 2.27. The summed E-state index contributed by atoms with van der Waals surface area (Å²) in [4.78, 5) is 28.9. The third-order valence-electron chi connectivity index (χ3n) is 4.57. The average molecular weight is 374 g/mol. The van der Waals surface area contributed by atoms with Crippen LogP contribution < -0.4 is 0 Å². The Kier molecular flexibility index (Phi) is 6.70. The van der Waals surface area contributed by atoms with Crippen LogP contribution in [0.25, 0.3) is 0 Å². The molecule has 2 aromatic rings. The third kappa shape index (κ3) is 5.23. The average Bonchev–Trinajstić information content (AvgIpc) is 3.42. The van der Waals surface area contributed by atoms with Gasteiger partial charge >= 0.3 is 0 Å². The first-order valence-corrected chi connectivity index (χ1v) is 9.42. The molecule has 1 aliphatic heterocycles. The maximum Gasteiger partial charge on any atom is 0.290 e. The van der Waals surface area contributed by atoms with Crippen LogP contribution in [-0.4, -0.2) is 54.0 Å². The number of ether oxygens (including phenoxy) is 1. The SMILES string of the molecule is CCCN(CC(=O)N(Cc1ccco1)CC1CCCO1)C(=O)c1ccco1. The lowest BCUT2D eigenvalue weighted by atomic mass is 10.2. The van der Waals surface area contributed by atoms with Crippen molar-refractivity contribution in [2.24, 2.45) is 0 Å². The summed E-state index contributed by atoms with van der Waals surface area (Å²) in [6.07, 6.45) is 5.78. The molecule has 0 spiro atoms. The van der Waals surface area contributed by atoms with Gasteiger partial charge in [-0.25, -0.2) is 0 Å². The number of hydrogen-bond donors (Lipinski definition) is 0. The van der Waals surface area contributed by atoms with Crippen LogP contribution in [0.3, 0.4) is 0 Å². The lowest BCUT2D eigenvalue weighted by Crippen LogP contribution is -2.45. The fourth-order valence-electron chi connectivity index (χ4n) is 3.22. The van der Waals surface area contributed by atoms with Crippen molar-refractivity contribution in [1.82, 2.24) is 9.80 Å². The largest absolute Gasteiger partial charge is 0.467 e. The van der Waals surface area contributed by atoms with Gasteiger partial charge in [0.2, 0.25) is 5.91 Å². The van der Waals surface area contributed by atoms with Gasteiger partial charge in [0.1, 0.15) is 12.3 Å². The van der Waals surface area contributed by atoms with Crippen LogP contribution in [0.1, 0.15) is 42.5 Å². The second kappa shape index (κ2) is 9.41. The van der Waals surface area contributed by atoms with Crippen molar-refractivity contribution in [1.29, 1.82) is 0 Å². The van der Waals surface area contributed by atoms with Gasteiger partial charge in [-0.2, -0.15) is 0 Å². The van der Waals surface area contributed by atoms with E-state index >= 15 is 0 Å². The molecule has 1 saturated heterocycles. The van der Waals surface area contributed by atoms with E-state index in [1.54, 1.807) is 29.4 Å². The highest BCUT2D eigenvalue weighted by atomic mass is 16.5. The molecule has 2 aromatic heterocycles. The summed E-state index contributed by atoms with van der Waals surface area (Å²) in [5.74, 6) is 0.550. The van der Waals surface area contributed by atoms with Crippen molar-refractivity contribution < 1.29 is 23.2 Å². The Morgan fingerprint density at radius 1 is 1.15 bits per heavy atom. The van der Waals surface area contributed by atoms with E-state index < -0.39 is 0 Å². The van der Waals surface area contributed by atoms with Gasteiger partial charge in [0.05, 0.1) is 25.2 Å². The molecule has 0 aliphatic carbocycles. The Balaban J connectivity index is 1.69. The van der Waals surface area contributed by atoms with Crippen LogP contribution in [0, 0.1) is 0 Å². The monoisotopic (exact) mass is 374 g/mol. The molecule has 27 heavy (non-hydrogen) atoms. The van der Waals surface area contributed by atoms with Gasteiger partial charge in [0, 0.05) is 19.7 Å². The molecule has 0 bridgehead atoms. The maximum absolute atomic E-state index is 13.0. The first-order chi connectivity index (χ1) is 13.2. The Morgan fingerprint density at radius 2 is 1.96 bits per heavy atom. The first-order valence-electron chi connectivity index (χ1n) is 9.42. The minimum atomic E-state index is -0.273. The summed E-state index contributed by atoms with van der Waals surface area (Å²) in [6, 6.07) is 6.92. The Labute approximate surface area is 158 Å². The van der Waals surface area contributed by atoms with E-state index in [2.05, 4.69) is 0 Å². The zero-order valence-corrected chi connectivity index (χ0v) is 15.6. The van der Waals surface area contributed by atoms with Gasteiger partial charge in [-0.05, 0) is 43.5 Å². The van der Waals surface area contributed by atoms with Gasteiger partial charge in [0.25, 0.3) is 5.91 Å². The zero-order chi connectivity index (χ0) is 19.1. The van der Waals surface area contributed by atoms with Crippen molar-refractivity contribution >= 4 is 11.8 Å². The van der Waals surface area contributed by atoms with Gasteiger partial charge in [-0.3, -0.25) is 9.59 Å². The van der Waals surface area contributed by atoms with Crippen molar-refractivity contribution in [3.63, 3.8) is 0 Å². The molecule has 146 valence electrons. The Hall–Kier alpha value is -2.54. The summed E-state index contributed by atoms with van der Waals surface area (Å²) in [6.45, 7) is 4.04. The molecular formula is C20H26N2O5. The van der Waals surface area contributed by atoms with Crippen LogP contribution in [-0.2, 0) is 16.1 Å². The predicted octanol–water partition coefficient (Wildman–Crippen LogP) is 2.93. The van der Waals surface area contributed by atoms with E-state index in [1.165, 1.54) is 11.2 Å². The van der Waals surface area contributed by atoms with E-state index in [4.69, 9.17) is 13.6 Å². The summed E-state index contributed by atoms with van der Waals surface area (Å²) < 4.78 is 16.3. The molecule has 3 rings (SSSR count). The quantitative estimate of drug-likeness (QED) is 0.674. The zero-order valence-electron chi connectivity index (χ0n) is 15.6. The lowest BCUT2D eigenvalue weighted by molar-refractivity contribution is -0.134. The molecule has 7 nitrogen and oxygen atoms in total. The van der Waals surface area contributed by atoms with E-state index in [0.29, 0.717) is 25.4 Å². The maximum atomic E-state index is 13.0. The van der Waals surface area contributed by atoms with Crippen LogP contribution in [0.5, 0.6) is 0 Å². The summed E-state index contributed by atoms with van der Waals surface area (Å²) in [7, 11) is 0. The molecule has 7 heteroatoms. The third-order valence-corrected chi connectivity index (χ3v) is 4.57. The lowest BCUT2D eigenvalue weighted by Gasteiger charge is -2.28.